The number of aliphatic imine (C=N–C) groups is 1. The fourth-order valence-corrected chi connectivity index (χ4v) is 6.26. The van der Waals surface area contributed by atoms with Crippen LogP contribution in [0.25, 0.3) is 0 Å². The lowest BCUT2D eigenvalue weighted by Crippen LogP contribution is -2.69. The molecular weight excluding hydrogens is 439 g/mol. The van der Waals surface area contributed by atoms with Crippen molar-refractivity contribution in [2.24, 2.45) is 16.3 Å². The molecule has 5 fully saturated rings. The maximum Gasteiger partial charge on any atom is 0.191 e. The topological polar surface area (TPSA) is 48.9 Å². The summed E-state index contributed by atoms with van der Waals surface area (Å²) < 4.78 is 6.12. The summed E-state index contributed by atoms with van der Waals surface area (Å²) in [5, 5.41) is 7.59. The van der Waals surface area contributed by atoms with Gasteiger partial charge in [-0.05, 0) is 44.9 Å². The van der Waals surface area contributed by atoms with Crippen molar-refractivity contribution in [1.82, 2.24) is 15.5 Å². The zero-order chi connectivity index (χ0) is 16.9. The number of nitrogens with one attached hydrogen (secondary N) is 2. The molecule has 6 heteroatoms. The van der Waals surface area contributed by atoms with Crippen molar-refractivity contribution >= 4 is 29.9 Å². The Kier molecular flexibility index (Phi) is 5.73. The van der Waals surface area contributed by atoms with Crippen LogP contribution in [0.1, 0.15) is 57.8 Å². The van der Waals surface area contributed by atoms with Crippen LogP contribution >= 0.6 is 24.0 Å². The van der Waals surface area contributed by atoms with Gasteiger partial charge in [-0.1, -0.05) is 12.8 Å². The van der Waals surface area contributed by atoms with Gasteiger partial charge in [0.05, 0.1) is 6.10 Å². The molecule has 0 aromatic carbocycles. The number of ether oxygens (including phenoxy) is 1. The number of likely N-dealkylation sites (tertiary alicyclic amines) is 1. The molecule has 5 aliphatic rings. The summed E-state index contributed by atoms with van der Waals surface area (Å²) in [6.45, 7) is 3.47. The highest BCUT2D eigenvalue weighted by Gasteiger charge is 2.65. The molecular formula is C20H35IN4O. The summed E-state index contributed by atoms with van der Waals surface area (Å²) in [6, 6.07) is 2.06. The number of piperidine rings is 1. The standard InChI is InChI=1S/C20H34N4O.HI/c1-21-19(22-14-6-11-24(12-7-14)15-4-5-15)23-17-16-8-13-25-18(16)20(17)9-2-3-10-20;/h14-18H,2-13H2,1H3,(H2,21,22,23);1H. The van der Waals surface area contributed by atoms with Crippen molar-refractivity contribution in [3.05, 3.63) is 0 Å². The van der Waals surface area contributed by atoms with Gasteiger partial charge in [0.15, 0.2) is 5.96 Å². The van der Waals surface area contributed by atoms with Crippen molar-refractivity contribution < 1.29 is 4.74 Å². The van der Waals surface area contributed by atoms with Crippen LogP contribution in [0, 0.1) is 11.3 Å². The molecule has 0 aromatic rings. The van der Waals surface area contributed by atoms with Crippen molar-refractivity contribution in [2.45, 2.75) is 82.0 Å². The Bertz CT molecular complexity index is 524. The van der Waals surface area contributed by atoms with Crippen molar-refractivity contribution in [1.29, 1.82) is 0 Å². The largest absolute Gasteiger partial charge is 0.377 e. The minimum absolute atomic E-state index is 0. The van der Waals surface area contributed by atoms with E-state index in [-0.39, 0.29) is 24.0 Å². The van der Waals surface area contributed by atoms with E-state index in [4.69, 9.17) is 4.74 Å². The average Bonchev–Trinajstić information content (AvgIpc) is 3.18. The Balaban J connectivity index is 0.00000168. The molecule has 0 radical (unpaired) electrons. The second kappa shape index (κ2) is 7.74. The molecule has 3 unspecified atom stereocenters. The highest BCUT2D eigenvalue weighted by molar-refractivity contribution is 14.0. The lowest BCUT2D eigenvalue weighted by molar-refractivity contribution is -0.125. The van der Waals surface area contributed by atoms with Gasteiger partial charge in [0, 0.05) is 56.2 Å². The van der Waals surface area contributed by atoms with E-state index in [1.807, 2.05) is 7.05 Å². The van der Waals surface area contributed by atoms with Gasteiger partial charge >= 0.3 is 0 Å². The summed E-state index contributed by atoms with van der Waals surface area (Å²) in [7, 11) is 1.93. The Labute approximate surface area is 175 Å². The number of hydrogen-bond donors (Lipinski definition) is 2. The molecule has 26 heavy (non-hydrogen) atoms. The summed E-state index contributed by atoms with van der Waals surface area (Å²) >= 11 is 0. The van der Waals surface area contributed by atoms with E-state index >= 15 is 0 Å². The minimum atomic E-state index is 0. The number of fused-ring (bicyclic) bond motifs is 2. The van der Waals surface area contributed by atoms with Crippen LogP contribution in [-0.2, 0) is 4.74 Å². The van der Waals surface area contributed by atoms with Crippen LogP contribution in [0.2, 0.25) is 0 Å². The van der Waals surface area contributed by atoms with Gasteiger partial charge in [-0.15, -0.1) is 24.0 Å². The lowest BCUT2D eigenvalue weighted by atomic mass is 9.54. The number of halogens is 1. The summed E-state index contributed by atoms with van der Waals surface area (Å²) in [5.74, 6) is 1.74. The van der Waals surface area contributed by atoms with Crippen LogP contribution < -0.4 is 10.6 Å². The van der Waals surface area contributed by atoms with E-state index in [0.29, 0.717) is 29.5 Å². The normalized spacial score (nSPS) is 37.1. The van der Waals surface area contributed by atoms with Gasteiger partial charge in [-0.25, -0.2) is 0 Å². The fraction of sp³-hybridized carbons (Fsp3) is 0.950. The quantitative estimate of drug-likeness (QED) is 0.375. The van der Waals surface area contributed by atoms with Gasteiger partial charge in [-0.3, -0.25) is 4.99 Å². The van der Waals surface area contributed by atoms with E-state index in [0.717, 1.165) is 18.6 Å². The van der Waals surface area contributed by atoms with E-state index in [1.54, 1.807) is 0 Å². The number of hydrogen-bond acceptors (Lipinski definition) is 3. The third-order valence-electron chi connectivity index (χ3n) is 7.74. The van der Waals surface area contributed by atoms with Gasteiger partial charge in [0.1, 0.15) is 0 Å². The van der Waals surface area contributed by atoms with Crippen molar-refractivity contribution in [3.63, 3.8) is 0 Å². The molecule has 0 bridgehead atoms. The summed E-state index contributed by atoms with van der Waals surface area (Å²) in [6.07, 6.45) is 12.5. The summed E-state index contributed by atoms with van der Waals surface area (Å²) in [4.78, 5) is 7.27. The second-order valence-electron chi connectivity index (χ2n) is 9.06. The molecule has 2 N–H and O–H groups in total. The van der Waals surface area contributed by atoms with Crippen LogP contribution in [0.4, 0.5) is 0 Å². The highest BCUT2D eigenvalue weighted by Crippen LogP contribution is 2.60. The second-order valence-corrected chi connectivity index (χ2v) is 9.06. The van der Waals surface area contributed by atoms with Gasteiger partial charge < -0.3 is 20.3 Å². The van der Waals surface area contributed by atoms with Crippen molar-refractivity contribution in [2.75, 3.05) is 26.7 Å². The maximum absolute atomic E-state index is 6.12. The zero-order valence-electron chi connectivity index (χ0n) is 16.1. The van der Waals surface area contributed by atoms with E-state index in [2.05, 4.69) is 20.5 Å². The van der Waals surface area contributed by atoms with E-state index in [9.17, 15) is 0 Å². The van der Waals surface area contributed by atoms with Gasteiger partial charge in [-0.2, -0.15) is 0 Å². The Hall–Kier alpha value is -0.0800. The third kappa shape index (κ3) is 3.28. The van der Waals surface area contributed by atoms with E-state index < -0.39 is 0 Å². The molecule has 2 heterocycles. The first kappa shape index (κ1) is 19.2. The van der Waals surface area contributed by atoms with Gasteiger partial charge in [0.2, 0.25) is 0 Å². The van der Waals surface area contributed by atoms with Crippen LogP contribution in [0.5, 0.6) is 0 Å². The minimum Gasteiger partial charge on any atom is -0.377 e. The molecule has 5 rings (SSSR count). The SMILES string of the molecule is CN=C(NC1CCN(C2CC2)CC1)NC1C2CCOC2C12CCCC2.I. The van der Waals surface area contributed by atoms with Crippen LogP contribution in [0.3, 0.4) is 0 Å². The maximum atomic E-state index is 6.12. The molecule has 0 amide bonds. The number of nitrogens with zero attached hydrogens (tertiary/aromatic N) is 2. The van der Waals surface area contributed by atoms with Gasteiger partial charge in [0.25, 0.3) is 0 Å². The first-order valence-corrected chi connectivity index (χ1v) is 10.7. The third-order valence-corrected chi connectivity index (χ3v) is 7.74. The molecule has 3 aliphatic carbocycles. The first-order valence-electron chi connectivity index (χ1n) is 10.7. The summed E-state index contributed by atoms with van der Waals surface area (Å²) in [5.41, 5.74) is 0.397. The lowest BCUT2D eigenvalue weighted by Gasteiger charge is -2.57. The Morgan fingerprint density at radius 1 is 1.04 bits per heavy atom. The molecule has 148 valence electrons. The molecule has 3 atom stereocenters. The Morgan fingerprint density at radius 2 is 1.77 bits per heavy atom. The number of rotatable bonds is 3. The smallest absolute Gasteiger partial charge is 0.191 e. The fourth-order valence-electron chi connectivity index (χ4n) is 6.26. The zero-order valence-corrected chi connectivity index (χ0v) is 18.4. The molecule has 1 spiro atoms. The first-order chi connectivity index (χ1) is 12.3. The van der Waals surface area contributed by atoms with Crippen LogP contribution in [0.15, 0.2) is 4.99 Å². The predicted octanol–water partition coefficient (Wildman–Crippen LogP) is 2.74. The molecule has 2 saturated heterocycles. The molecule has 5 nitrogen and oxygen atoms in total. The number of guanidine groups is 1. The Morgan fingerprint density at radius 3 is 2.42 bits per heavy atom. The van der Waals surface area contributed by atoms with Crippen LogP contribution in [-0.4, -0.2) is 61.8 Å². The molecule has 2 aliphatic heterocycles. The monoisotopic (exact) mass is 474 g/mol. The average molecular weight is 474 g/mol. The molecule has 3 saturated carbocycles. The van der Waals surface area contributed by atoms with Crippen molar-refractivity contribution in [3.8, 4) is 0 Å². The molecule has 0 aromatic heterocycles. The predicted molar refractivity (Wildman–Crippen MR) is 115 cm³/mol. The van der Waals surface area contributed by atoms with E-state index in [1.165, 1.54) is 70.9 Å². The highest BCUT2D eigenvalue weighted by atomic mass is 127.